The van der Waals surface area contributed by atoms with E-state index < -0.39 is 11.7 Å². The molecule has 1 amide bonds. The molecule has 1 fully saturated rings. The van der Waals surface area contributed by atoms with E-state index in [0.29, 0.717) is 12.1 Å². The minimum absolute atomic E-state index is 0.183. The predicted molar refractivity (Wildman–Crippen MR) is 83.5 cm³/mol. The Balaban J connectivity index is 1.70. The van der Waals surface area contributed by atoms with Crippen LogP contribution in [0.1, 0.15) is 33.6 Å². The highest BCUT2D eigenvalue weighted by Gasteiger charge is 2.34. The fourth-order valence-corrected chi connectivity index (χ4v) is 3.19. The van der Waals surface area contributed by atoms with E-state index in [9.17, 15) is 18.0 Å². The van der Waals surface area contributed by atoms with Crippen molar-refractivity contribution < 1.29 is 18.0 Å². The highest BCUT2D eigenvalue weighted by Crippen LogP contribution is 2.31. The van der Waals surface area contributed by atoms with Crippen LogP contribution in [-0.2, 0) is 12.6 Å². The number of thiophene rings is 1. The number of carbonyl (C=O) groups excluding carboxylic acids is 1. The molecule has 1 aromatic carbocycles. The van der Waals surface area contributed by atoms with E-state index >= 15 is 0 Å². The van der Waals surface area contributed by atoms with Crippen molar-refractivity contribution in [3.63, 3.8) is 0 Å². The van der Waals surface area contributed by atoms with E-state index in [1.165, 1.54) is 17.0 Å². The van der Waals surface area contributed by atoms with Gasteiger partial charge in [-0.15, -0.1) is 11.3 Å². The highest BCUT2D eigenvalue weighted by atomic mass is 32.1. The molecule has 0 radical (unpaired) electrons. The molecular formula is C17H16F3NOS. The van der Waals surface area contributed by atoms with Gasteiger partial charge in [-0.25, -0.2) is 0 Å². The number of amides is 1. The van der Waals surface area contributed by atoms with Gasteiger partial charge >= 0.3 is 6.18 Å². The average molecular weight is 339 g/mol. The number of carbonyl (C=O) groups is 1. The van der Waals surface area contributed by atoms with Crippen LogP contribution in [0.15, 0.2) is 41.8 Å². The minimum Gasteiger partial charge on any atom is -0.335 e. The lowest BCUT2D eigenvalue weighted by atomic mass is 10.1. The summed E-state index contributed by atoms with van der Waals surface area (Å²) in [6.07, 6.45) is -1.66. The van der Waals surface area contributed by atoms with Crippen molar-refractivity contribution in [2.45, 2.75) is 31.5 Å². The molecule has 1 heterocycles. The van der Waals surface area contributed by atoms with E-state index in [1.807, 2.05) is 17.5 Å². The first-order valence-corrected chi connectivity index (χ1v) is 8.34. The number of rotatable bonds is 5. The molecule has 23 heavy (non-hydrogen) atoms. The fraction of sp³-hybridized carbons (Fsp3) is 0.353. The number of benzene rings is 1. The molecule has 0 spiro atoms. The molecule has 0 N–H and O–H groups in total. The van der Waals surface area contributed by atoms with Crippen molar-refractivity contribution in [2.75, 3.05) is 6.54 Å². The van der Waals surface area contributed by atoms with Gasteiger partial charge in [0.1, 0.15) is 0 Å². The van der Waals surface area contributed by atoms with Crippen LogP contribution in [0.3, 0.4) is 0 Å². The summed E-state index contributed by atoms with van der Waals surface area (Å²) in [5, 5.41) is 1.99. The molecule has 122 valence electrons. The third-order valence-corrected chi connectivity index (χ3v) is 4.82. The number of nitrogens with zero attached hydrogens (tertiary/aromatic N) is 1. The van der Waals surface area contributed by atoms with Crippen LogP contribution in [-0.4, -0.2) is 23.4 Å². The average Bonchev–Trinajstić information content (AvgIpc) is 3.22. The quantitative estimate of drug-likeness (QED) is 0.779. The van der Waals surface area contributed by atoms with Crippen LogP contribution in [0.4, 0.5) is 13.2 Å². The van der Waals surface area contributed by atoms with Crippen molar-refractivity contribution in [3.05, 3.63) is 57.8 Å². The monoisotopic (exact) mass is 339 g/mol. The van der Waals surface area contributed by atoms with Gasteiger partial charge in [0.25, 0.3) is 5.91 Å². The van der Waals surface area contributed by atoms with Crippen molar-refractivity contribution in [1.82, 2.24) is 4.90 Å². The Bertz CT molecular complexity index is 660. The van der Waals surface area contributed by atoms with E-state index in [2.05, 4.69) is 0 Å². The summed E-state index contributed by atoms with van der Waals surface area (Å²) in [4.78, 5) is 15.6. The molecule has 3 rings (SSSR count). The number of alkyl halides is 3. The van der Waals surface area contributed by atoms with Crippen LogP contribution in [0.2, 0.25) is 0 Å². The Morgan fingerprint density at radius 1 is 1.17 bits per heavy atom. The first kappa shape index (κ1) is 16.1. The zero-order valence-electron chi connectivity index (χ0n) is 12.3. The van der Waals surface area contributed by atoms with Gasteiger partial charge in [0.05, 0.1) is 5.56 Å². The third-order valence-electron chi connectivity index (χ3n) is 3.89. The van der Waals surface area contributed by atoms with Gasteiger partial charge < -0.3 is 4.90 Å². The van der Waals surface area contributed by atoms with Crippen molar-refractivity contribution in [3.8, 4) is 0 Å². The van der Waals surface area contributed by atoms with E-state index in [0.717, 1.165) is 31.4 Å². The van der Waals surface area contributed by atoms with Crippen LogP contribution in [0.25, 0.3) is 0 Å². The smallest absolute Gasteiger partial charge is 0.335 e. The molecule has 6 heteroatoms. The predicted octanol–water partition coefficient (Wildman–Crippen LogP) is 4.61. The molecule has 1 aromatic heterocycles. The van der Waals surface area contributed by atoms with Gasteiger partial charge in [-0.3, -0.25) is 4.79 Å². The summed E-state index contributed by atoms with van der Waals surface area (Å²) < 4.78 is 37.8. The Hall–Kier alpha value is -1.82. The Kier molecular flexibility index (Phi) is 4.43. The zero-order chi connectivity index (χ0) is 16.4. The molecule has 2 aromatic rings. The molecular weight excluding hydrogens is 323 g/mol. The van der Waals surface area contributed by atoms with E-state index in [1.54, 1.807) is 16.2 Å². The Morgan fingerprint density at radius 2 is 1.87 bits per heavy atom. The van der Waals surface area contributed by atoms with E-state index in [-0.39, 0.29) is 11.9 Å². The first-order chi connectivity index (χ1) is 10.9. The molecule has 0 bridgehead atoms. The summed E-state index contributed by atoms with van der Waals surface area (Å²) >= 11 is 1.65. The highest BCUT2D eigenvalue weighted by molar-refractivity contribution is 7.09. The van der Waals surface area contributed by atoms with Gasteiger partial charge in [0, 0.05) is 23.0 Å². The maximum Gasteiger partial charge on any atom is 0.416 e. The topological polar surface area (TPSA) is 20.3 Å². The molecule has 0 saturated heterocycles. The molecule has 0 aliphatic heterocycles. The molecule has 2 nitrogen and oxygen atoms in total. The van der Waals surface area contributed by atoms with Crippen LogP contribution in [0.5, 0.6) is 0 Å². The summed E-state index contributed by atoms with van der Waals surface area (Å²) in [6, 6.07) is 8.70. The summed E-state index contributed by atoms with van der Waals surface area (Å²) in [6.45, 7) is 0.602. The lowest BCUT2D eigenvalue weighted by molar-refractivity contribution is -0.137. The molecule has 1 aliphatic rings. The largest absolute Gasteiger partial charge is 0.416 e. The molecule has 1 aliphatic carbocycles. The SMILES string of the molecule is O=C(c1ccc(C(F)(F)F)cc1)N(CCc1cccs1)C1CC1. The fourth-order valence-electron chi connectivity index (χ4n) is 2.49. The number of halogens is 3. The summed E-state index contributed by atoms with van der Waals surface area (Å²) in [5.74, 6) is -0.183. The normalized spacial score (nSPS) is 14.7. The minimum atomic E-state index is -4.38. The van der Waals surface area contributed by atoms with Crippen LogP contribution in [0, 0.1) is 0 Å². The van der Waals surface area contributed by atoms with E-state index in [4.69, 9.17) is 0 Å². The maximum absolute atomic E-state index is 12.6. The molecule has 0 atom stereocenters. The van der Waals surface area contributed by atoms with Crippen molar-refractivity contribution in [2.24, 2.45) is 0 Å². The van der Waals surface area contributed by atoms with Crippen molar-refractivity contribution in [1.29, 1.82) is 0 Å². The van der Waals surface area contributed by atoms with Gasteiger partial charge in [-0.05, 0) is 55.0 Å². The lowest BCUT2D eigenvalue weighted by Crippen LogP contribution is -2.34. The Labute approximate surface area is 136 Å². The number of hydrogen-bond donors (Lipinski definition) is 0. The van der Waals surface area contributed by atoms with Gasteiger partial charge in [-0.1, -0.05) is 6.07 Å². The maximum atomic E-state index is 12.6. The van der Waals surface area contributed by atoms with Gasteiger partial charge in [-0.2, -0.15) is 13.2 Å². The second-order valence-electron chi connectivity index (χ2n) is 5.63. The van der Waals surface area contributed by atoms with Crippen LogP contribution < -0.4 is 0 Å². The summed E-state index contributed by atoms with van der Waals surface area (Å²) in [7, 11) is 0. The molecule has 0 unspecified atom stereocenters. The van der Waals surface area contributed by atoms with Gasteiger partial charge in [0.2, 0.25) is 0 Å². The Morgan fingerprint density at radius 3 is 2.39 bits per heavy atom. The second-order valence-corrected chi connectivity index (χ2v) is 6.67. The third kappa shape index (κ3) is 3.93. The zero-order valence-corrected chi connectivity index (χ0v) is 13.2. The van der Waals surface area contributed by atoms with Gasteiger partial charge in [0.15, 0.2) is 0 Å². The van der Waals surface area contributed by atoms with Crippen LogP contribution >= 0.6 is 11.3 Å². The summed E-state index contributed by atoms with van der Waals surface area (Å²) in [5.41, 5.74) is -0.415. The molecule has 1 saturated carbocycles. The number of hydrogen-bond acceptors (Lipinski definition) is 2. The lowest BCUT2D eigenvalue weighted by Gasteiger charge is -2.22. The second kappa shape index (κ2) is 6.35. The standard InChI is InChI=1S/C17H16F3NOS/c18-17(19,20)13-5-3-12(4-6-13)16(22)21(14-7-8-14)10-9-15-2-1-11-23-15/h1-6,11,14H,7-10H2. The first-order valence-electron chi connectivity index (χ1n) is 7.46. The van der Waals surface area contributed by atoms with Crippen molar-refractivity contribution >= 4 is 17.2 Å².